The van der Waals surface area contributed by atoms with Crippen molar-refractivity contribution in [2.45, 2.75) is 39.5 Å². The molecule has 0 saturated heterocycles. The number of carbonyl (C=O) groups is 2. The Balaban J connectivity index is 4.12. The fourth-order valence-corrected chi connectivity index (χ4v) is 1.26. The van der Waals surface area contributed by atoms with E-state index in [2.05, 4.69) is 13.8 Å². The molecule has 0 fully saturated rings. The highest BCUT2D eigenvalue weighted by Gasteiger charge is 2.08. The second kappa shape index (κ2) is 9.44. The summed E-state index contributed by atoms with van der Waals surface area (Å²) < 4.78 is 0. The third-order valence-corrected chi connectivity index (χ3v) is 2.19. The van der Waals surface area contributed by atoms with E-state index in [1.54, 1.807) is 0 Å². The van der Waals surface area contributed by atoms with E-state index in [1.165, 1.54) is 12.2 Å². The van der Waals surface area contributed by atoms with Gasteiger partial charge in [0, 0.05) is 19.2 Å². The van der Waals surface area contributed by atoms with Gasteiger partial charge in [-0.25, -0.2) is 0 Å². The van der Waals surface area contributed by atoms with Gasteiger partial charge < -0.3 is 4.90 Å². The van der Waals surface area contributed by atoms with Gasteiger partial charge in [0.2, 0.25) is 5.91 Å². The van der Waals surface area contributed by atoms with Gasteiger partial charge in [-0.15, -0.1) is 0 Å². The second-order valence-electron chi connectivity index (χ2n) is 3.53. The predicted molar refractivity (Wildman–Crippen MR) is 61.6 cm³/mol. The molecule has 0 bridgehead atoms. The van der Waals surface area contributed by atoms with Crippen LogP contribution in [-0.4, -0.2) is 30.2 Å². The molecule has 0 atom stereocenters. The molecule has 0 aromatic carbocycles. The third-order valence-electron chi connectivity index (χ3n) is 2.19. The first-order chi connectivity index (χ1) is 7.26. The van der Waals surface area contributed by atoms with Crippen molar-refractivity contribution in [3.8, 4) is 0 Å². The lowest BCUT2D eigenvalue weighted by Crippen LogP contribution is -2.31. The van der Waals surface area contributed by atoms with Crippen molar-refractivity contribution < 1.29 is 9.59 Å². The van der Waals surface area contributed by atoms with Crippen LogP contribution in [0, 0.1) is 0 Å². The smallest absolute Gasteiger partial charge is 0.246 e. The third kappa shape index (κ3) is 6.89. The summed E-state index contributed by atoms with van der Waals surface area (Å²) in [6.07, 6.45) is 7.43. The molecular weight excluding hydrogens is 190 g/mol. The topological polar surface area (TPSA) is 37.4 Å². The van der Waals surface area contributed by atoms with E-state index >= 15 is 0 Å². The zero-order chi connectivity index (χ0) is 11.5. The number of unbranched alkanes of at least 4 members (excludes halogenated alkanes) is 2. The van der Waals surface area contributed by atoms with E-state index in [4.69, 9.17) is 0 Å². The Morgan fingerprint density at radius 3 is 2.07 bits per heavy atom. The highest BCUT2D eigenvalue weighted by Crippen LogP contribution is 2.00. The number of allylic oxidation sites excluding steroid dienone is 1. The number of hydrogen-bond donors (Lipinski definition) is 0. The van der Waals surface area contributed by atoms with Gasteiger partial charge >= 0.3 is 0 Å². The van der Waals surface area contributed by atoms with Crippen molar-refractivity contribution in [3.05, 3.63) is 12.2 Å². The van der Waals surface area contributed by atoms with Gasteiger partial charge in [0.05, 0.1) is 0 Å². The number of hydrogen-bond acceptors (Lipinski definition) is 2. The summed E-state index contributed by atoms with van der Waals surface area (Å²) in [5.41, 5.74) is 0. The molecule has 0 rings (SSSR count). The van der Waals surface area contributed by atoms with Gasteiger partial charge in [-0.3, -0.25) is 9.59 Å². The first-order valence-corrected chi connectivity index (χ1v) is 5.67. The van der Waals surface area contributed by atoms with Gasteiger partial charge in [0.1, 0.15) is 6.29 Å². The van der Waals surface area contributed by atoms with Crippen LogP contribution in [0.25, 0.3) is 0 Å². The zero-order valence-electron chi connectivity index (χ0n) is 9.74. The van der Waals surface area contributed by atoms with Crippen molar-refractivity contribution in [1.29, 1.82) is 0 Å². The highest BCUT2D eigenvalue weighted by molar-refractivity contribution is 5.90. The van der Waals surface area contributed by atoms with Crippen LogP contribution >= 0.6 is 0 Å². The Bertz CT molecular complexity index is 204. The first kappa shape index (κ1) is 13.9. The molecule has 0 radical (unpaired) electrons. The Hall–Kier alpha value is -1.12. The lowest BCUT2D eigenvalue weighted by molar-refractivity contribution is -0.126. The monoisotopic (exact) mass is 211 g/mol. The molecule has 3 nitrogen and oxygen atoms in total. The predicted octanol–water partition coefficient (Wildman–Crippen LogP) is 2.17. The fraction of sp³-hybridized carbons (Fsp3) is 0.667. The molecule has 0 N–H and O–H groups in total. The maximum Gasteiger partial charge on any atom is 0.246 e. The van der Waals surface area contributed by atoms with E-state index < -0.39 is 0 Å². The van der Waals surface area contributed by atoms with Crippen LogP contribution in [0.1, 0.15) is 39.5 Å². The molecule has 0 aromatic heterocycles. The van der Waals surface area contributed by atoms with Gasteiger partial charge in [0.15, 0.2) is 0 Å². The summed E-state index contributed by atoms with van der Waals surface area (Å²) in [6, 6.07) is 0. The normalized spacial score (nSPS) is 10.5. The van der Waals surface area contributed by atoms with E-state index in [-0.39, 0.29) is 5.91 Å². The van der Waals surface area contributed by atoms with Crippen LogP contribution in [0.5, 0.6) is 0 Å². The quantitative estimate of drug-likeness (QED) is 0.456. The maximum atomic E-state index is 11.6. The van der Waals surface area contributed by atoms with Crippen molar-refractivity contribution in [3.63, 3.8) is 0 Å². The molecule has 0 unspecified atom stereocenters. The minimum Gasteiger partial charge on any atom is -0.339 e. The summed E-state index contributed by atoms with van der Waals surface area (Å²) in [4.78, 5) is 23.5. The van der Waals surface area contributed by atoms with E-state index in [0.29, 0.717) is 6.29 Å². The summed E-state index contributed by atoms with van der Waals surface area (Å²) in [5, 5.41) is 0. The molecule has 0 spiro atoms. The molecule has 86 valence electrons. The molecule has 0 saturated carbocycles. The van der Waals surface area contributed by atoms with Crippen LogP contribution in [0.4, 0.5) is 0 Å². The van der Waals surface area contributed by atoms with Crippen LogP contribution < -0.4 is 0 Å². The van der Waals surface area contributed by atoms with E-state index in [1.807, 2.05) is 4.90 Å². The zero-order valence-corrected chi connectivity index (χ0v) is 9.74. The molecule has 0 aromatic rings. The molecule has 0 aliphatic heterocycles. The maximum absolute atomic E-state index is 11.6. The molecule has 3 heteroatoms. The SMILES string of the molecule is CCCCN(CCCC)C(=O)/C=C\C=O. The van der Waals surface area contributed by atoms with Gasteiger partial charge in [-0.1, -0.05) is 26.7 Å². The van der Waals surface area contributed by atoms with Gasteiger partial charge in [-0.2, -0.15) is 0 Å². The number of rotatable bonds is 8. The molecule has 0 heterocycles. The van der Waals surface area contributed by atoms with Crippen LogP contribution in [0.3, 0.4) is 0 Å². The Labute approximate surface area is 92.1 Å². The van der Waals surface area contributed by atoms with Gasteiger partial charge in [-0.05, 0) is 18.9 Å². The molecule has 1 amide bonds. The summed E-state index contributed by atoms with van der Waals surface area (Å²) >= 11 is 0. The standard InChI is InChI=1S/C12H21NO2/c1-3-5-9-13(10-6-4-2)12(15)8-7-11-14/h7-8,11H,3-6,9-10H2,1-2H3/b8-7-. The van der Waals surface area contributed by atoms with Crippen LogP contribution in [-0.2, 0) is 9.59 Å². The van der Waals surface area contributed by atoms with Crippen molar-refractivity contribution in [2.75, 3.05) is 13.1 Å². The molecule has 15 heavy (non-hydrogen) atoms. The van der Waals surface area contributed by atoms with Crippen molar-refractivity contribution >= 4 is 12.2 Å². The van der Waals surface area contributed by atoms with Gasteiger partial charge in [0.25, 0.3) is 0 Å². The number of nitrogens with zero attached hydrogens (tertiary/aromatic N) is 1. The summed E-state index contributed by atoms with van der Waals surface area (Å²) in [5.74, 6) is -0.0519. The Morgan fingerprint density at radius 1 is 1.13 bits per heavy atom. The molecular formula is C12H21NO2. The molecule has 0 aliphatic carbocycles. The largest absolute Gasteiger partial charge is 0.339 e. The number of aldehydes is 1. The second-order valence-corrected chi connectivity index (χ2v) is 3.53. The minimum atomic E-state index is -0.0519. The first-order valence-electron chi connectivity index (χ1n) is 5.67. The summed E-state index contributed by atoms with van der Waals surface area (Å²) in [7, 11) is 0. The number of amides is 1. The average molecular weight is 211 g/mol. The average Bonchev–Trinajstić information content (AvgIpc) is 2.26. The van der Waals surface area contributed by atoms with E-state index in [9.17, 15) is 9.59 Å². The van der Waals surface area contributed by atoms with Crippen molar-refractivity contribution in [1.82, 2.24) is 4.90 Å². The summed E-state index contributed by atoms with van der Waals surface area (Å²) in [6.45, 7) is 5.78. The van der Waals surface area contributed by atoms with E-state index in [0.717, 1.165) is 38.8 Å². The number of carbonyl (C=O) groups excluding carboxylic acids is 2. The van der Waals surface area contributed by atoms with Crippen molar-refractivity contribution in [2.24, 2.45) is 0 Å². The van der Waals surface area contributed by atoms with Crippen LogP contribution in [0.2, 0.25) is 0 Å². The minimum absolute atomic E-state index is 0.0519. The lowest BCUT2D eigenvalue weighted by atomic mass is 10.2. The molecule has 0 aliphatic rings. The fourth-order valence-electron chi connectivity index (χ4n) is 1.26. The Kier molecular flexibility index (Phi) is 8.73. The highest BCUT2D eigenvalue weighted by atomic mass is 16.2. The van der Waals surface area contributed by atoms with Crippen LogP contribution in [0.15, 0.2) is 12.2 Å². The Morgan fingerprint density at radius 2 is 1.67 bits per heavy atom. The lowest BCUT2D eigenvalue weighted by Gasteiger charge is -2.20.